The van der Waals surface area contributed by atoms with E-state index in [2.05, 4.69) is 4.99 Å². The van der Waals surface area contributed by atoms with E-state index in [-0.39, 0.29) is 12.6 Å². The fraction of sp³-hybridized carbons (Fsp3) is 0.467. The fourth-order valence-corrected chi connectivity index (χ4v) is 3.04. The second-order valence-corrected chi connectivity index (χ2v) is 5.56. The van der Waals surface area contributed by atoms with Gasteiger partial charge in [-0.25, -0.2) is 14.7 Å². The predicted octanol–water partition coefficient (Wildman–Crippen LogP) is 1.58. The van der Waals surface area contributed by atoms with Crippen molar-refractivity contribution >= 4 is 12.1 Å². The third-order valence-electron chi connectivity index (χ3n) is 4.18. The van der Waals surface area contributed by atoms with Gasteiger partial charge in [0.15, 0.2) is 6.23 Å². The van der Waals surface area contributed by atoms with Crippen molar-refractivity contribution in [2.75, 3.05) is 0 Å². The van der Waals surface area contributed by atoms with Crippen LogP contribution in [0.25, 0.3) is 0 Å². The van der Waals surface area contributed by atoms with Crippen molar-refractivity contribution in [1.82, 2.24) is 4.90 Å². The van der Waals surface area contributed by atoms with Gasteiger partial charge in [0.2, 0.25) is 5.96 Å². The van der Waals surface area contributed by atoms with Crippen LogP contribution in [-0.2, 0) is 11.3 Å². The van der Waals surface area contributed by atoms with Gasteiger partial charge in [0.25, 0.3) is 0 Å². The third kappa shape index (κ3) is 2.47. The number of guanidine groups is 1. The molecule has 2 aliphatic rings. The van der Waals surface area contributed by atoms with Gasteiger partial charge in [-0.15, -0.1) is 0 Å². The number of benzene rings is 1. The summed E-state index contributed by atoms with van der Waals surface area (Å²) in [6, 6.07) is 9.37. The average Bonchev–Trinajstić information content (AvgIpc) is 3.04. The van der Waals surface area contributed by atoms with Crippen LogP contribution < -0.4 is 5.73 Å². The van der Waals surface area contributed by atoms with E-state index in [1.807, 2.05) is 30.3 Å². The summed E-state index contributed by atoms with van der Waals surface area (Å²) in [5.74, 6) is 0.0439. The van der Waals surface area contributed by atoms with Gasteiger partial charge in [-0.2, -0.15) is 0 Å². The molecule has 1 aromatic rings. The molecule has 1 aliphatic heterocycles. The summed E-state index contributed by atoms with van der Waals surface area (Å²) in [7, 11) is 0. The maximum Gasteiger partial charge on any atom is 0.419 e. The number of hydrogen-bond acceptors (Lipinski definition) is 5. The summed E-state index contributed by atoms with van der Waals surface area (Å²) in [5.41, 5.74) is 6.06. The van der Waals surface area contributed by atoms with Gasteiger partial charge in [0, 0.05) is 0 Å². The molecule has 0 radical (unpaired) electrons. The number of aliphatic imine (C=N–C) groups is 1. The molecule has 0 bridgehead atoms. The van der Waals surface area contributed by atoms with E-state index in [4.69, 9.17) is 10.5 Å². The van der Waals surface area contributed by atoms with Gasteiger partial charge in [0.05, 0.1) is 0 Å². The number of nitrogens with zero attached hydrogens (tertiary/aromatic N) is 2. The van der Waals surface area contributed by atoms with Crippen LogP contribution in [0.2, 0.25) is 0 Å². The maximum absolute atomic E-state index is 12.2. The zero-order valence-electron chi connectivity index (χ0n) is 11.7. The van der Waals surface area contributed by atoms with E-state index in [9.17, 15) is 9.90 Å². The van der Waals surface area contributed by atoms with Crippen molar-refractivity contribution in [3.05, 3.63) is 35.9 Å². The van der Waals surface area contributed by atoms with Gasteiger partial charge in [0.1, 0.15) is 12.1 Å². The summed E-state index contributed by atoms with van der Waals surface area (Å²) in [6.07, 6.45) is 1.79. The van der Waals surface area contributed by atoms with E-state index in [0.717, 1.165) is 36.1 Å². The topological polar surface area (TPSA) is 88.2 Å². The summed E-state index contributed by atoms with van der Waals surface area (Å²) in [6.45, 7) is 0.142. The van der Waals surface area contributed by atoms with E-state index < -0.39 is 17.9 Å². The van der Waals surface area contributed by atoms with Crippen molar-refractivity contribution in [2.24, 2.45) is 10.7 Å². The van der Waals surface area contributed by atoms with Gasteiger partial charge in [-0.1, -0.05) is 43.2 Å². The molecule has 1 heterocycles. The average molecular weight is 289 g/mol. The first-order chi connectivity index (χ1) is 10.1. The minimum Gasteiger partial charge on any atom is -0.444 e. The number of ether oxygens (including phenoxy) is 1. The predicted molar refractivity (Wildman–Crippen MR) is 77.3 cm³/mol. The van der Waals surface area contributed by atoms with Crippen LogP contribution in [0.15, 0.2) is 35.3 Å². The molecule has 21 heavy (non-hydrogen) atoms. The smallest absolute Gasteiger partial charge is 0.419 e. The summed E-state index contributed by atoms with van der Waals surface area (Å²) in [5, 5.41) is 10.4. The van der Waals surface area contributed by atoms with Gasteiger partial charge in [-0.3, -0.25) is 0 Å². The van der Waals surface area contributed by atoms with E-state index in [0.29, 0.717) is 0 Å². The minimum absolute atomic E-state index is 0.0439. The standard InChI is InChI=1S/C15H19N3O3/c16-13-17-15(8-4-5-9-15)12(19)18(13)14(20)21-10-11-6-2-1-3-7-11/h1-3,6-7,12,19H,4-5,8-10H2,(H2,16,17). The van der Waals surface area contributed by atoms with Crippen LogP contribution in [-0.4, -0.2) is 33.8 Å². The van der Waals surface area contributed by atoms with Crippen molar-refractivity contribution in [3.8, 4) is 0 Å². The fourth-order valence-electron chi connectivity index (χ4n) is 3.04. The Morgan fingerprint density at radius 2 is 2.05 bits per heavy atom. The molecule has 6 heteroatoms. The van der Waals surface area contributed by atoms with Crippen molar-refractivity contribution < 1.29 is 14.6 Å². The molecule has 1 atom stereocenters. The maximum atomic E-state index is 12.2. The minimum atomic E-state index is -1.02. The Balaban J connectivity index is 1.66. The molecule has 0 aromatic heterocycles. The van der Waals surface area contributed by atoms with Crippen LogP contribution in [0.5, 0.6) is 0 Å². The number of carbonyl (C=O) groups excluding carboxylic acids is 1. The highest BCUT2D eigenvalue weighted by Crippen LogP contribution is 2.40. The Morgan fingerprint density at radius 1 is 1.38 bits per heavy atom. The van der Waals surface area contributed by atoms with Crippen LogP contribution >= 0.6 is 0 Å². The largest absolute Gasteiger partial charge is 0.444 e. The normalized spacial score (nSPS) is 23.4. The number of nitrogens with two attached hydrogens (primary N) is 1. The monoisotopic (exact) mass is 289 g/mol. The summed E-state index contributed by atoms with van der Waals surface area (Å²) < 4.78 is 5.22. The number of amides is 1. The molecule has 1 aliphatic carbocycles. The molecule has 1 spiro atoms. The second-order valence-electron chi connectivity index (χ2n) is 5.56. The first-order valence-corrected chi connectivity index (χ1v) is 7.16. The lowest BCUT2D eigenvalue weighted by molar-refractivity contribution is 0.00174. The number of aliphatic hydroxyl groups is 1. The van der Waals surface area contributed by atoms with Gasteiger partial charge in [-0.05, 0) is 18.4 Å². The van der Waals surface area contributed by atoms with E-state index in [1.165, 1.54) is 0 Å². The molecular weight excluding hydrogens is 270 g/mol. The Bertz CT molecular complexity index is 553. The highest BCUT2D eigenvalue weighted by molar-refractivity contribution is 5.95. The quantitative estimate of drug-likeness (QED) is 0.865. The zero-order valence-corrected chi connectivity index (χ0v) is 11.7. The lowest BCUT2D eigenvalue weighted by Crippen LogP contribution is -2.50. The van der Waals surface area contributed by atoms with Crippen LogP contribution in [0.4, 0.5) is 4.79 Å². The molecule has 3 N–H and O–H groups in total. The van der Waals surface area contributed by atoms with Crippen molar-refractivity contribution in [2.45, 2.75) is 44.1 Å². The molecule has 6 nitrogen and oxygen atoms in total. The van der Waals surface area contributed by atoms with Gasteiger partial charge >= 0.3 is 6.09 Å². The van der Waals surface area contributed by atoms with Crippen LogP contribution in [0.3, 0.4) is 0 Å². The first kappa shape index (κ1) is 13.9. The first-order valence-electron chi connectivity index (χ1n) is 7.16. The number of aliphatic hydroxyl groups excluding tert-OH is 1. The summed E-state index contributed by atoms with van der Waals surface area (Å²) in [4.78, 5) is 17.6. The zero-order chi connectivity index (χ0) is 14.9. The lowest BCUT2D eigenvalue weighted by atomic mass is 9.97. The molecule has 112 valence electrons. The van der Waals surface area contributed by atoms with Crippen LogP contribution in [0, 0.1) is 0 Å². The van der Waals surface area contributed by atoms with Crippen molar-refractivity contribution in [3.63, 3.8) is 0 Å². The van der Waals surface area contributed by atoms with E-state index in [1.54, 1.807) is 0 Å². The molecule has 3 rings (SSSR count). The Kier molecular flexibility index (Phi) is 3.55. The van der Waals surface area contributed by atoms with Crippen LogP contribution in [0.1, 0.15) is 31.2 Å². The number of carbonyl (C=O) groups is 1. The highest BCUT2D eigenvalue weighted by Gasteiger charge is 2.51. The molecule has 0 saturated heterocycles. The third-order valence-corrected chi connectivity index (χ3v) is 4.18. The van der Waals surface area contributed by atoms with E-state index >= 15 is 0 Å². The highest BCUT2D eigenvalue weighted by atomic mass is 16.6. The number of hydrogen-bond donors (Lipinski definition) is 2. The molecule has 1 fully saturated rings. The molecule has 1 amide bonds. The van der Waals surface area contributed by atoms with Crippen molar-refractivity contribution in [1.29, 1.82) is 0 Å². The molecule has 1 unspecified atom stereocenters. The molecule has 1 aromatic carbocycles. The Morgan fingerprint density at radius 3 is 2.71 bits per heavy atom. The SMILES string of the molecule is NC1=NC2(CCCC2)C(O)N1C(=O)OCc1ccccc1. The summed E-state index contributed by atoms with van der Waals surface area (Å²) >= 11 is 0. The molecular formula is C15H19N3O3. The second kappa shape index (κ2) is 5.37. The molecule has 1 saturated carbocycles. The lowest BCUT2D eigenvalue weighted by Gasteiger charge is -2.28. The Labute approximate surface area is 123 Å². The number of rotatable bonds is 2. The van der Waals surface area contributed by atoms with Gasteiger partial charge < -0.3 is 15.6 Å². The Hall–Kier alpha value is -2.08.